The second-order valence-corrected chi connectivity index (χ2v) is 6.12. The van der Waals surface area contributed by atoms with Gasteiger partial charge >= 0.3 is 0 Å². The van der Waals surface area contributed by atoms with Gasteiger partial charge in [0.1, 0.15) is 21.5 Å². The zero-order chi connectivity index (χ0) is 12.9. The van der Waals surface area contributed by atoms with E-state index in [0.29, 0.717) is 13.0 Å². The molecule has 0 aromatic heterocycles. The van der Waals surface area contributed by atoms with Gasteiger partial charge in [-0.15, -0.1) is 0 Å². The Balaban J connectivity index is 2.37. The van der Waals surface area contributed by atoms with Crippen molar-refractivity contribution in [2.45, 2.75) is 13.0 Å². The predicted molar refractivity (Wildman–Crippen MR) is 62.4 cm³/mol. The van der Waals surface area contributed by atoms with E-state index in [-0.39, 0.29) is 17.9 Å². The number of sulfone groups is 1. The lowest BCUT2D eigenvalue weighted by atomic mass is 10.2. The third kappa shape index (κ3) is 5.23. The van der Waals surface area contributed by atoms with Crippen molar-refractivity contribution in [2.75, 3.05) is 18.6 Å². The van der Waals surface area contributed by atoms with E-state index in [4.69, 9.17) is 0 Å². The molecular formula is C11H15F2NO2S. The molecule has 0 aliphatic heterocycles. The smallest absolute Gasteiger partial charge is 0.147 e. The molecule has 17 heavy (non-hydrogen) atoms. The van der Waals surface area contributed by atoms with Crippen molar-refractivity contribution in [3.05, 3.63) is 35.4 Å². The third-order valence-electron chi connectivity index (χ3n) is 2.23. The minimum atomic E-state index is -2.97. The zero-order valence-corrected chi connectivity index (χ0v) is 10.4. The monoisotopic (exact) mass is 263 g/mol. The molecule has 3 nitrogen and oxygen atoms in total. The summed E-state index contributed by atoms with van der Waals surface area (Å²) in [7, 11) is -2.97. The van der Waals surface area contributed by atoms with Gasteiger partial charge in [0, 0.05) is 18.4 Å². The highest BCUT2D eigenvalue weighted by molar-refractivity contribution is 7.90. The Hall–Kier alpha value is -1.01. The van der Waals surface area contributed by atoms with Crippen LogP contribution in [0.3, 0.4) is 0 Å². The summed E-state index contributed by atoms with van der Waals surface area (Å²) < 4.78 is 48.0. The molecule has 0 atom stereocenters. The summed E-state index contributed by atoms with van der Waals surface area (Å²) in [4.78, 5) is 0. The number of hydrogen-bond donors (Lipinski definition) is 1. The SMILES string of the molecule is CS(=O)(=O)CCCNCc1c(F)cccc1F. The molecule has 0 aliphatic rings. The summed E-state index contributed by atoms with van der Waals surface area (Å²) in [6.45, 7) is 0.461. The molecule has 0 unspecified atom stereocenters. The van der Waals surface area contributed by atoms with Crippen LogP contribution in [0.4, 0.5) is 8.78 Å². The number of rotatable bonds is 6. The van der Waals surface area contributed by atoms with Gasteiger partial charge in [-0.2, -0.15) is 0 Å². The molecule has 0 amide bonds. The molecule has 1 aromatic rings. The van der Waals surface area contributed by atoms with Crippen LogP contribution in [0.2, 0.25) is 0 Å². The first-order valence-electron chi connectivity index (χ1n) is 5.21. The van der Waals surface area contributed by atoms with Crippen molar-refractivity contribution in [1.82, 2.24) is 5.32 Å². The van der Waals surface area contributed by atoms with Gasteiger partial charge in [0.25, 0.3) is 0 Å². The van der Waals surface area contributed by atoms with Gasteiger partial charge in [-0.1, -0.05) is 6.07 Å². The second-order valence-electron chi connectivity index (χ2n) is 3.86. The van der Waals surface area contributed by atoms with Crippen LogP contribution in [0.15, 0.2) is 18.2 Å². The largest absolute Gasteiger partial charge is 0.312 e. The van der Waals surface area contributed by atoms with Crippen LogP contribution in [0.5, 0.6) is 0 Å². The maximum Gasteiger partial charge on any atom is 0.147 e. The van der Waals surface area contributed by atoms with Crippen molar-refractivity contribution >= 4 is 9.84 Å². The maximum atomic E-state index is 13.2. The van der Waals surface area contributed by atoms with Crippen LogP contribution in [0.25, 0.3) is 0 Å². The van der Waals surface area contributed by atoms with E-state index in [0.717, 1.165) is 6.26 Å². The van der Waals surface area contributed by atoms with Gasteiger partial charge in [-0.25, -0.2) is 17.2 Å². The topological polar surface area (TPSA) is 46.2 Å². The lowest BCUT2D eigenvalue weighted by Gasteiger charge is -2.06. The van der Waals surface area contributed by atoms with Gasteiger partial charge < -0.3 is 5.32 Å². The van der Waals surface area contributed by atoms with Gasteiger partial charge in [-0.05, 0) is 25.1 Å². The average Bonchev–Trinajstić information content (AvgIpc) is 2.20. The molecule has 0 fully saturated rings. The highest BCUT2D eigenvalue weighted by atomic mass is 32.2. The molecule has 0 radical (unpaired) electrons. The van der Waals surface area contributed by atoms with Crippen molar-refractivity contribution in [2.24, 2.45) is 0 Å². The first-order chi connectivity index (χ1) is 7.90. The van der Waals surface area contributed by atoms with E-state index in [1.807, 2.05) is 0 Å². The maximum absolute atomic E-state index is 13.2. The Morgan fingerprint density at radius 3 is 2.35 bits per heavy atom. The Bertz CT molecular complexity index is 454. The summed E-state index contributed by atoms with van der Waals surface area (Å²) in [5.41, 5.74) is -0.0214. The lowest BCUT2D eigenvalue weighted by molar-refractivity contribution is 0.534. The second kappa shape index (κ2) is 6.07. The van der Waals surface area contributed by atoms with Crippen molar-refractivity contribution < 1.29 is 17.2 Å². The van der Waals surface area contributed by atoms with Gasteiger partial charge in [0.15, 0.2) is 0 Å². The molecule has 0 heterocycles. The van der Waals surface area contributed by atoms with Gasteiger partial charge in [0.2, 0.25) is 0 Å². The lowest BCUT2D eigenvalue weighted by Crippen LogP contribution is -2.19. The van der Waals surface area contributed by atoms with E-state index in [2.05, 4.69) is 5.32 Å². The Labute approximate surface area is 99.8 Å². The van der Waals surface area contributed by atoms with Crippen LogP contribution in [0, 0.1) is 11.6 Å². The van der Waals surface area contributed by atoms with Crippen molar-refractivity contribution in [3.63, 3.8) is 0 Å². The molecule has 1 rings (SSSR count). The molecule has 0 saturated carbocycles. The van der Waals surface area contributed by atoms with E-state index >= 15 is 0 Å². The highest BCUT2D eigenvalue weighted by Gasteiger charge is 2.07. The third-order valence-corrected chi connectivity index (χ3v) is 3.26. The molecule has 0 bridgehead atoms. The van der Waals surface area contributed by atoms with E-state index in [9.17, 15) is 17.2 Å². The van der Waals surface area contributed by atoms with Crippen molar-refractivity contribution in [3.8, 4) is 0 Å². The normalized spacial score (nSPS) is 11.7. The Morgan fingerprint density at radius 2 is 1.82 bits per heavy atom. The number of benzene rings is 1. The van der Waals surface area contributed by atoms with Crippen LogP contribution < -0.4 is 5.32 Å². The molecule has 6 heteroatoms. The van der Waals surface area contributed by atoms with Gasteiger partial charge in [-0.3, -0.25) is 0 Å². The number of nitrogens with one attached hydrogen (secondary N) is 1. The zero-order valence-electron chi connectivity index (χ0n) is 9.54. The summed E-state index contributed by atoms with van der Waals surface area (Å²) >= 11 is 0. The van der Waals surface area contributed by atoms with Crippen LogP contribution in [-0.2, 0) is 16.4 Å². The fraction of sp³-hybridized carbons (Fsp3) is 0.455. The fourth-order valence-corrected chi connectivity index (χ4v) is 2.04. The van der Waals surface area contributed by atoms with Crippen LogP contribution in [-0.4, -0.2) is 27.0 Å². The minimum Gasteiger partial charge on any atom is -0.312 e. The average molecular weight is 263 g/mol. The summed E-state index contributed by atoms with van der Waals surface area (Å²) in [5.74, 6) is -1.12. The molecule has 1 aromatic carbocycles. The molecule has 0 aliphatic carbocycles. The quantitative estimate of drug-likeness (QED) is 0.791. The molecule has 1 N–H and O–H groups in total. The Morgan fingerprint density at radius 1 is 1.24 bits per heavy atom. The number of hydrogen-bond acceptors (Lipinski definition) is 3. The standard InChI is InChI=1S/C11H15F2NO2S/c1-17(15,16)7-3-6-14-8-9-10(12)4-2-5-11(9)13/h2,4-5,14H,3,6-8H2,1H3. The van der Waals surface area contributed by atoms with Gasteiger partial charge in [0.05, 0.1) is 5.75 Å². The summed E-state index contributed by atoms with van der Waals surface area (Å²) in [5, 5.41) is 2.81. The fourth-order valence-electron chi connectivity index (χ4n) is 1.37. The number of halogens is 2. The van der Waals surface area contributed by atoms with Crippen LogP contribution in [0.1, 0.15) is 12.0 Å². The summed E-state index contributed by atoms with van der Waals surface area (Å²) in [6.07, 6.45) is 1.58. The first-order valence-corrected chi connectivity index (χ1v) is 7.27. The summed E-state index contributed by atoms with van der Waals surface area (Å²) in [6, 6.07) is 3.69. The highest BCUT2D eigenvalue weighted by Crippen LogP contribution is 2.11. The first kappa shape index (κ1) is 14.1. The predicted octanol–water partition coefficient (Wildman–Crippen LogP) is 1.49. The van der Waals surface area contributed by atoms with Crippen LogP contribution >= 0.6 is 0 Å². The van der Waals surface area contributed by atoms with E-state index < -0.39 is 21.5 Å². The Kier molecular flexibility index (Phi) is 5.02. The molecule has 0 spiro atoms. The molecule has 0 saturated heterocycles. The minimum absolute atomic E-state index is 0.0214. The van der Waals surface area contributed by atoms with E-state index in [1.54, 1.807) is 0 Å². The molecular weight excluding hydrogens is 248 g/mol. The van der Waals surface area contributed by atoms with Crippen molar-refractivity contribution in [1.29, 1.82) is 0 Å². The molecule has 96 valence electrons. The van der Waals surface area contributed by atoms with E-state index in [1.165, 1.54) is 18.2 Å².